The number of ketones is 1. The van der Waals surface area contributed by atoms with E-state index in [0.717, 1.165) is 46.6 Å². The fraction of sp³-hybridized carbons (Fsp3) is 0.375. The maximum atomic E-state index is 12.4. The van der Waals surface area contributed by atoms with Gasteiger partial charge >= 0.3 is 0 Å². The lowest BCUT2D eigenvalue weighted by molar-refractivity contribution is -0.122. The third kappa shape index (κ3) is 7.25. The smallest absolute Gasteiger partial charge is 0.251 e. The quantitative estimate of drug-likeness (QED) is 0.332. The summed E-state index contributed by atoms with van der Waals surface area (Å²) in [5.41, 5.74) is 3.38. The highest BCUT2D eigenvalue weighted by Gasteiger charge is 2.43. The molecule has 7 heteroatoms. The number of nitrogens with one attached hydrogen (secondary N) is 1. The maximum absolute atomic E-state index is 12.4. The summed E-state index contributed by atoms with van der Waals surface area (Å²) in [5.74, 6) is 1.64. The zero-order chi connectivity index (χ0) is 27.3. The van der Waals surface area contributed by atoms with Gasteiger partial charge in [-0.2, -0.15) is 0 Å². The molecule has 1 heterocycles. The summed E-state index contributed by atoms with van der Waals surface area (Å²) in [7, 11) is 0. The number of Topliss-reactive ketones (excluding diaryl/α,β-unsaturated/α-hetero) is 1. The zero-order valence-corrected chi connectivity index (χ0v) is 22.1. The number of carbonyl (C=O) groups excluding carboxylic acids is 2. The van der Waals surface area contributed by atoms with Crippen LogP contribution in [0.2, 0.25) is 0 Å². The van der Waals surface area contributed by atoms with Crippen molar-refractivity contribution in [1.82, 2.24) is 5.32 Å². The van der Waals surface area contributed by atoms with Crippen LogP contribution in [-0.2, 0) is 11.2 Å². The molecule has 3 N–H and O–H groups in total. The van der Waals surface area contributed by atoms with Gasteiger partial charge in [0.15, 0.2) is 11.5 Å². The van der Waals surface area contributed by atoms with Crippen molar-refractivity contribution in [3.8, 4) is 22.6 Å². The number of rotatable bonds is 8. The van der Waals surface area contributed by atoms with E-state index in [4.69, 9.17) is 9.47 Å². The van der Waals surface area contributed by atoms with Crippen molar-refractivity contribution in [1.29, 1.82) is 0 Å². The van der Waals surface area contributed by atoms with E-state index in [-0.39, 0.29) is 36.2 Å². The molecule has 5 rings (SSSR count). The number of amides is 1. The first-order chi connectivity index (χ1) is 18.2. The molecule has 0 unspecified atom stereocenters. The molecule has 0 aromatic heterocycles. The second kappa shape index (κ2) is 12.5. The normalized spacial score (nSPS) is 14.4. The van der Waals surface area contributed by atoms with Crippen LogP contribution in [0.5, 0.6) is 11.5 Å². The second-order valence-electron chi connectivity index (χ2n) is 10.6. The van der Waals surface area contributed by atoms with Gasteiger partial charge in [0.2, 0.25) is 6.79 Å². The minimum Gasteiger partial charge on any atom is -0.454 e. The molecule has 214 valence electrons. The van der Waals surface area contributed by atoms with E-state index in [9.17, 15) is 19.8 Å². The topological polar surface area (TPSA) is 105 Å². The van der Waals surface area contributed by atoms with E-state index in [2.05, 4.69) is 11.4 Å². The van der Waals surface area contributed by atoms with Crippen molar-refractivity contribution < 1.29 is 33.6 Å². The van der Waals surface area contributed by atoms with Crippen molar-refractivity contribution >= 4 is 11.7 Å². The zero-order valence-electron chi connectivity index (χ0n) is 22.1. The van der Waals surface area contributed by atoms with E-state index in [0.29, 0.717) is 24.6 Å². The number of fused-ring (bicyclic) bond motifs is 1. The molecule has 0 radical (unpaired) electrons. The van der Waals surface area contributed by atoms with Crippen LogP contribution >= 0.6 is 0 Å². The van der Waals surface area contributed by atoms with Gasteiger partial charge in [0.25, 0.3) is 5.91 Å². The number of carbonyl (C=O) groups is 2. The van der Waals surface area contributed by atoms with Gasteiger partial charge in [-0.3, -0.25) is 9.59 Å². The standard InChI is InChI=1S/C24H29NO4.C7H6O2.CH4.3H2/c1-16-4-5-17(13-21(28)23(2)10-11-23)12-20(16)18-6-8-19(9-7-18)22(29)25-24(3,14-26)15-27;1-2-4-7-6(3-1)8-5-9-7;;;;/h4-9,12,26-27H,10-11,13-15H2,1-3H3,(H,25,29);1-4H,5H2;1H4;3*1H. The number of aliphatic hydroxyl groups excluding tert-OH is 2. The molecule has 1 fully saturated rings. The molecule has 1 aliphatic heterocycles. The predicted octanol–water partition coefficient (Wildman–Crippen LogP) is 5.84. The Morgan fingerprint density at radius 1 is 0.974 bits per heavy atom. The highest BCUT2D eigenvalue weighted by atomic mass is 16.7. The first kappa shape index (κ1) is 29.9. The lowest BCUT2D eigenvalue weighted by Gasteiger charge is -2.26. The molecule has 1 amide bonds. The summed E-state index contributed by atoms with van der Waals surface area (Å²) < 4.78 is 10.2. The minimum absolute atomic E-state index is 0. The Labute approximate surface area is 235 Å². The van der Waals surface area contributed by atoms with Crippen molar-refractivity contribution in [2.75, 3.05) is 20.0 Å². The van der Waals surface area contributed by atoms with Crippen LogP contribution in [-0.4, -0.2) is 47.4 Å². The Bertz CT molecular complexity index is 1280. The van der Waals surface area contributed by atoms with E-state index >= 15 is 0 Å². The lowest BCUT2D eigenvalue weighted by atomic mass is 9.92. The average molecular weight is 540 g/mol. The van der Waals surface area contributed by atoms with Crippen molar-refractivity contribution in [3.63, 3.8) is 0 Å². The molecule has 3 aromatic rings. The van der Waals surface area contributed by atoms with Crippen LogP contribution in [0.25, 0.3) is 11.1 Å². The SMILES string of the molecule is C.Cc1ccc(CC(=O)C2(C)CC2)cc1-c1ccc(C(=O)NC(C)(CO)CO)cc1.[HH].[HH].[HH].c1ccc2c(c1)OCO2. The van der Waals surface area contributed by atoms with Crippen molar-refractivity contribution in [3.05, 3.63) is 83.4 Å². The third-order valence-electron chi connectivity index (χ3n) is 7.19. The summed E-state index contributed by atoms with van der Waals surface area (Å²) in [6, 6.07) is 20.9. The molecule has 0 atom stereocenters. The first-order valence-corrected chi connectivity index (χ1v) is 12.8. The Morgan fingerprint density at radius 3 is 2.10 bits per heavy atom. The van der Waals surface area contributed by atoms with E-state index in [1.165, 1.54) is 0 Å². The van der Waals surface area contributed by atoms with Gasteiger partial charge in [-0.15, -0.1) is 0 Å². The Morgan fingerprint density at radius 2 is 1.56 bits per heavy atom. The van der Waals surface area contributed by atoms with Gasteiger partial charge < -0.3 is 25.0 Å². The summed E-state index contributed by atoms with van der Waals surface area (Å²) in [4.78, 5) is 24.8. The molecule has 7 nitrogen and oxygen atoms in total. The van der Waals surface area contributed by atoms with Gasteiger partial charge in [-0.1, -0.05) is 56.8 Å². The lowest BCUT2D eigenvalue weighted by Crippen LogP contribution is -2.51. The Kier molecular flexibility index (Phi) is 9.54. The fourth-order valence-corrected chi connectivity index (χ4v) is 4.08. The maximum Gasteiger partial charge on any atom is 0.251 e. The molecular weight excluding hydrogens is 494 g/mol. The summed E-state index contributed by atoms with van der Waals surface area (Å²) in [5, 5.41) is 21.4. The van der Waals surface area contributed by atoms with Gasteiger partial charge in [-0.25, -0.2) is 0 Å². The molecular formula is C32H45NO6. The number of hydrogen-bond acceptors (Lipinski definition) is 6. The number of aryl methyl sites for hydroxylation is 1. The predicted molar refractivity (Wildman–Crippen MR) is 158 cm³/mol. The number of para-hydroxylation sites is 2. The van der Waals surface area contributed by atoms with Crippen LogP contribution in [0.4, 0.5) is 0 Å². The monoisotopic (exact) mass is 539 g/mol. The molecule has 2 aliphatic rings. The molecule has 0 bridgehead atoms. The van der Waals surface area contributed by atoms with E-state index < -0.39 is 5.54 Å². The Balaban J connectivity index is 0.00000110. The highest BCUT2D eigenvalue weighted by molar-refractivity contribution is 5.95. The largest absolute Gasteiger partial charge is 0.454 e. The summed E-state index contributed by atoms with van der Waals surface area (Å²) in [6.07, 6.45) is 2.42. The number of benzene rings is 3. The van der Waals surface area contributed by atoms with Gasteiger partial charge in [0.1, 0.15) is 5.78 Å². The molecule has 1 aliphatic carbocycles. The van der Waals surface area contributed by atoms with Gasteiger partial charge in [0.05, 0.1) is 18.8 Å². The molecule has 0 spiro atoms. The third-order valence-corrected chi connectivity index (χ3v) is 7.19. The van der Waals surface area contributed by atoms with Crippen LogP contribution in [0.15, 0.2) is 66.7 Å². The summed E-state index contributed by atoms with van der Waals surface area (Å²) in [6.45, 7) is 5.30. The van der Waals surface area contributed by atoms with Crippen LogP contribution in [0, 0.1) is 12.3 Å². The molecule has 39 heavy (non-hydrogen) atoms. The van der Waals surface area contributed by atoms with Crippen LogP contribution < -0.4 is 14.8 Å². The van der Waals surface area contributed by atoms with Gasteiger partial charge in [0, 0.05) is 21.7 Å². The number of ether oxygens (including phenoxy) is 2. The Hall–Kier alpha value is -3.68. The first-order valence-electron chi connectivity index (χ1n) is 12.8. The average Bonchev–Trinajstić information content (AvgIpc) is 3.51. The molecule has 3 aromatic carbocycles. The van der Waals surface area contributed by atoms with Gasteiger partial charge in [-0.05, 0) is 73.2 Å². The highest BCUT2D eigenvalue weighted by Crippen LogP contribution is 2.46. The van der Waals surface area contributed by atoms with Crippen LogP contribution in [0.1, 0.15) is 59.9 Å². The van der Waals surface area contributed by atoms with E-state index in [1.54, 1.807) is 19.1 Å². The number of hydrogen-bond donors (Lipinski definition) is 3. The van der Waals surface area contributed by atoms with E-state index in [1.807, 2.05) is 62.4 Å². The van der Waals surface area contributed by atoms with Crippen LogP contribution in [0.3, 0.4) is 0 Å². The fourth-order valence-electron chi connectivity index (χ4n) is 4.08. The van der Waals surface area contributed by atoms with Crippen molar-refractivity contribution in [2.45, 2.75) is 53.0 Å². The molecule has 1 saturated carbocycles. The molecule has 0 saturated heterocycles. The summed E-state index contributed by atoms with van der Waals surface area (Å²) >= 11 is 0. The van der Waals surface area contributed by atoms with Crippen molar-refractivity contribution in [2.24, 2.45) is 5.41 Å². The minimum atomic E-state index is -1.06. The second-order valence-corrected chi connectivity index (χ2v) is 10.6. The number of aliphatic hydroxyl groups is 2.